The van der Waals surface area contributed by atoms with E-state index in [1.165, 1.54) is 0 Å². The van der Waals surface area contributed by atoms with Gasteiger partial charge in [-0.1, -0.05) is 32.0 Å². The third-order valence-corrected chi connectivity index (χ3v) is 7.18. The average molecular weight is 434 g/mol. The van der Waals surface area contributed by atoms with Crippen LogP contribution in [0.2, 0.25) is 0 Å². The maximum absolute atomic E-state index is 14.2. The van der Waals surface area contributed by atoms with Crippen molar-refractivity contribution in [1.29, 1.82) is 0 Å². The predicted molar refractivity (Wildman–Crippen MR) is 121 cm³/mol. The number of carbonyl (C=O) groups is 3. The Morgan fingerprint density at radius 3 is 2.47 bits per heavy atom. The molecule has 4 atom stereocenters. The molecular formula is C25H27N3O4. The molecule has 0 unspecified atom stereocenters. The SMILES string of the molecule is COc1ccc(N2C(=O)NC(=O)[C@@]3(Cc4ccccc4N4C[C@H](C)C[C@@H](C)[C@@H]43)C2=O)cc1. The lowest BCUT2D eigenvalue weighted by Crippen LogP contribution is -2.74. The molecule has 2 saturated heterocycles. The van der Waals surface area contributed by atoms with Crippen molar-refractivity contribution in [2.75, 3.05) is 23.5 Å². The van der Waals surface area contributed by atoms with Gasteiger partial charge in [0.15, 0.2) is 5.41 Å². The highest BCUT2D eigenvalue weighted by Crippen LogP contribution is 2.50. The Morgan fingerprint density at radius 2 is 1.75 bits per heavy atom. The first-order valence-corrected chi connectivity index (χ1v) is 11.1. The summed E-state index contributed by atoms with van der Waals surface area (Å²) in [4.78, 5) is 43.9. The summed E-state index contributed by atoms with van der Waals surface area (Å²) in [5.41, 5.74) is 1.08. The number of amides is 4. The zero-order valence-corrected chi connectivity index (χ0v) is 18.5. The summed E-state index contributed by atoms with van der Waals surface area (Å²) in [7, 11) is 1.56. The van der Waals surface area contributed by atoms with Gasteiger partial charge in [-0.05, 0) is 60.6 Å². The van der Waals surface area contributed by atoms with E-state index in [4.69, 9.17) is 4.74 Å². The maximum atomic E-state index is 14.2. The fourth-order valence-electron chi connectivity index (χ4n) is 5.98. The molecule has 3 aliphatic rings. The Kier molecular flexibility index (Phi) is 4.73. The fraction of sp³-hybridized carbons (Fsp3) is 0.400. The third-order valence-electron chi connectivity index (χ3n) is 7.18. The monoisotopic (exact) mass is 433 g/mol. The molecule has 2 aromatic rings. The summed E-state index contributed by atoms with van der Waals surface area (Å²) in [5, 5.41) is 2.51. The molecule has 2 fully saturated rings. The Balaban J connectivity index is 1.66. The number of piperidine rings is 1. The quantitative estimate of drug-likeness (QED) is 0.735. The van der Waals surface area contributed by atoms with E-state index in [0.29, 0.717) is 17.4 Å². The van der Waals surface area contributed by atoms with E-state index >= 15 is 0 Å². The first kappa shape index (κ1) is 20.5. The molecule has 32 heavy (non-hydrogen) atoms. The molecule has 0 aliphatic carbocycles. The second kappa shape index (κ2) is 7.36. The molecule has 2 aromatic carbocycles. The van der Waals surface area contributed by atoms with E-state index in [0.717, 1.165) is 29.1 Å². The number of hydrogen-bond donors (Lipinski definition) is 1. The Labute approximate surface area is 187 Å². The highest BCUT2D eigenvalue weighted by atomic mass is 16.5. The number of carbonyl (C=O) groups excluding carboxylic acids is 3. The molecule has 3 heterocycles. The summed E-state index contributed by atoms with van der Waals surface area (Å²) < 4.78 is 5.21. The van der Waals surface area contributed by atoms with E-state index in [1.54, 1.807) is 31.4 Å². The normalized spacial score (nSPS) is 29.5. The van der Waals surface area contributed by atoms with Gasteiger partial charge in [-0.15, -0.1) is 0 Å². The van der Waals surface area contributed by atoms with E-state index in [1.807, 2.05) is 18.2 Å². The van der Waals surface area contributed by atoms with Gasteiger partial charge in [-0.2, -0.15) is 0 Å². The van der Waals surface area contributed by atoms with Gasteiger partial charge in [0, 0.05) is 12.2 Å². The number of anilines is 2. The van der Waals surface area contributed by atoms with Crippen molar-refractivity contribution < 1.29 is 19.1 Å². The number of imide groups is 2. The largest absolute Gasteiger partial charge is 0.497 e. The van der Waals surface area contributed by atoms with Crippen LogP contribution in [-0.4, -0.2) is 37.5 Å². The minimum Gasteiger partial charge on any atom is -0.497 e. The lowest BCUT2D eigenvalue weighted by Gasteiger charge is -2.56. The molecule has 4 amide bonds. The Hall–Kier alpha value is -3.35. The fourth-order valence-corrected chi connectivity index (χ4v) is 5.98. The van der Waals surface area contributed by atoms with Gasteiger partial charge in [-0.25, -0.2) is 9.69 Å². The van der Waals surface area contributed by atoms with Crippen molar-refractivity contribution in [3.05, 3.63) is 54.1 Å². The first-order chi connectivity index (χ1) is 15.4. The summed E-state index contributed by atoms with van der Waals surface area (Å²) >= 11 is 0. The minimum atomic E-state index is -1.37. The van der Waals surface area contributed by atoms with Crippen molar-refractivity contribution in [3.8, 4) is 5.75 Å². The van der Waals surface area contributed by atoms with E-state index < -0.39 is 23.3 Å². The molecule has 1 N–H and O–H groups in total. The van der Waals surface area contributed by atoms with Crippen molar-refractivity contribution in [2.45, 2.75) is 32.7 Å². The number of nitrogens with zero attached hydrogens (tertiary/aromatic N) is 2. The van der Waals surface area contributed by atoms with E-state index in [-0.39, 0.29) is 18.4 Å². The van der Waals surface area contributed by atoms with E-state index in [9.17, 15) is 14.4 Å². The minimum absolute atomic E-state index is 0.104. The molecule has 166 valence electrons. The van der Waals surface area contributed by atoms with Crippen molar-refractivity contribution in [2.24, 2.45) is 17.3 Å². The molecular weight excluding hydrogens is 406 g/mol. The lowest BCUT2D eigenvalue weighted by atomic mass is 9.62. The van der Waals surface area contributed by atoms with Crippen molar-refractivity contribution in [3.63, 3.8) is 0 Å². The molecule has 7 heteroatoms. The number of hydrogen-bond acceptors (Lipinski definition) is 5. The van der Waals surface area contributed by atoms with Gasteiger partial charge in [0.25, 0.3) is 5.91 Å². The molecule has 7 nitrogen and oxygen atoms in total. The molecule has 5 rings (SSSR count). The summed E-state index contributed by atoms with van der Waals surface area (Å²) in [6, 6.07) is 13.7. The van der Waals surface area contributed by atoms with Gasteiger partial charge >= 0.3 is 6.03 Å². The van der Waals surface area contributed by atoms with Gasteiger partial charge in [0.1, 0.15) is 5.75 Å². The van der Waals surface area contributed by atoms with Crippen LogP contribution in [0.15, 0.2) is 48.5 Å². The van der Waals surface area contributed by atoms with Crippen LogP contribution in [0.25, 0.3) is 0 Å². The zero-order chi connectivity index (χ0) is 22.6. The van der Waals surface area contributed by atoms with Gasteiger partial charge < -0.3 is 9.64 Å². The van der Waals surface area contributed by atoms with Crippen molar-refractivity contribution >= 4 is 29.2 Å². The van der Waals surface area contributed by atoms with Crippen LogP contribution in [0.3, 0.4) is 0 Å². The van der Waals surface area contributed by atoms with E-state index in [2.05, 4.69) is 30.1 Å². The topological polar surface area (TPSA) is 79.0 Å². The number of benzene rings is 2. The molecule has 0 bridgehead atoms. The summed E-state index contributed by atoms with van der Waals surface area (Å²) in [6.45, 7) is 5.08. The van der Waals surface area contributed by atoms with Crippen LogP contribution in [0.1, 0.15) is 25.8 Å². The van der Waals surface area contributed by atoms with Crippen LogP contribution in [-0.2, 0) is 16.0 Å². The Morgan fingerprint density at radius 1 is 1.03 bits per heavy atom. The summed E-state index contributed by atoms with van der Waals surface area (Å²) in [6.07, 6.45) is 1.19. The van der Waals surface area contributed by atoms with Gasteiger partial charge in [0.2, 0.25) is 5.91 Å². The second-order valence-electron chi connectivity index (χ2n) is 9.29. The number of para-hydroxylation sites is 1. The third kappa shape index (κ3) is 2.83. The number of rotatable bonds is 2. The lowest BCUT2D eigenvalue weighted by molar-refractivity contribution is -0.146. The zero-order valence-electron chi connectivity index (χ0n) is 18.5. The van der Waals surface area contributed by atoms with Crippen LogP contribution in [0.4, 0.5) is 16.2 Å². The number of barbiturate groups is 1. The number of urea groups is 1. The first-order valence-electron chi connectivity index (χ1n) is 11.1. The van der Waals surface area contributed by atoms with Crippen LogP contribution in [0, 0.1) is 17.3 Å². The van der Waals surface area contributed by atoms with Crippen LogP contribution < -0.4 is 19.9 Å². The molecule has 0 radical (unpaired) electrons. The average Bonchev–Trinajstić information content (AvgIpc) is 2.77. The van der Waals surface area contributed by atoms with Gasteiger partial charge in [0.05, 0.1) is 18.8 Å². The number of nitrogens with one attached hydrogen (secondary N) is 1. The maximum Gasteiger partial charge on any atom is 0.335 e. The number of fused-ring (bicyclic) bond motifs is 4. The predicted octanol–water partition coefficient (Wildman–Crippen LogP) is 3.37. The van der Waals surface area contributed by atoms with Crippen molar-refractivity contribution in [1.82, 2.24) is 5.32 Å². The summed E-state index contributed by atoms with van der Waals surface area (Å²) in [5.74, 6) is 0.209. The Bertz CT molecular complexity index is 1100. The highest BCUT2D eigenvalue weighted by Gasteiger charge is 2.64. The van der Waals surface area contributed by atoms with Crippen LogP contribution >= 0.6 is 0 Å². The van der Waals surface area contributed by atoms with Crippen LogP contribution in [0.5, 0.6) is 5.75 Å². The van der Waals surface area contributed by atoms with Gasteiger partial charge in [-0.3, -0.25) is 14.9 Å². The molecule has 0 aromatic heterocycles. The highest BCUT2D eigenvalue weighted by molar-refractivity contribution is 6.30. The number of ether oxygens (including phenoxy) is 1. The smallest absolute Gasteiger partial charge is 0.335 e. The molecule has 3 aliphatic heterocycles. The molecule has 0 saturated carbocycles. The molecule has 1 spiro atoms. The number of methoxy groups -OCH3 is 1. The standard InChI is InChI=1S/C25H27N3O4/c1-15-12-16(2)21-25(13-17-6-4-5-7-20(17)27(21)14-15)22(29)26-24(31)28(23(25)30)18-8-10-19(32-3)11-9-18/h4-11,15-16,21H,12-14H2,1-3H3,(H,26,29,31)/t15-,16-,21-,25+/m1/s1. The second-order valence-corrected chi connectivity index (χ2v) is 9.29.